The van der Waals surface area contributed by atoms with Crippen molar-refractivity contribution < 1.29 is 4.74 Å². The number of nitrogens with zero attached hydrogens (tertiary/aromatic N) is 7. The largest absolute Gasteiger partial charge is 0.479 e. The van der Waals surface area contributed by atoms with Gasteiger partial charge in [0.25, 0.3) is 0 Å². The molecule has 0 saturated carbocycles. The zero-order chi connectivity index (χ0) is 23.1. The van der Waals surface area contributed by atoms with Gasteiger partial charge >= 0.3 is 0 Å². The van der Waals surface area contributed by atoms with E-state index in [1.807, 2.05) is 58.9 Å². The predicted octanol–water partition coefficient (Wildman–Crippen LogP) is 4.16. The Balaban J connectivity index is 1.34. The number of hydrogen-bond donors (Lipinski definition) is 1. The molecule has 1 aromatic carbocycles. The van der Waals surface area contributed by atoms with Crippen LogP contribution in [0.15, 0.2) is 61.2 Å². The number of nitrogens with one attached hydrogen (secondary N) is 1. The van der Waals surface area contributed by atoms with Gasteiger partial charge in [-0.25, -0.2) is 24.6 Å². The first-order valence-electron chi connectivity index (χ1n) is 11.3. The highest BCUT2D eigenvalue weighted by molar-refractivity contribution is 5.58. The first kappa shape index (κ1) is 20.3. The molecule has 0 saturated heterocycles. The number of aryl methyl sites for hydroxylation is 2. The Morgan fingerprint density at radius 2 is 1.94 bits per heavy atom. The molecule has 9 nitrogen and oxygen atoms in total. The van der Waals surface area contributed by atoms with Crippen molar-refractivity contribution in [3.8, 4) is 34.3 Å². The molecule has 0 aliphatic carbocycles. The van der Waals surface area contributed by atoms with Crippen LogP contribution in [-0.2, 0) is 6.54 Å². The Kier molecular flexibility index (Phi) is 4.94. The van der Waals surface area contributed by atoms with Gasteiger partial charge in [-0.3, -0.25) is 0 Å². The molecule has 5 heterocycles. The summed E-state index contributed by atoms with van der Waals surface area (Å²) in [6.45, 7) is 2.77. The maximum Gasteiger partial charge on any atom is 0.238 e. The minimum Gasteiger partial charge on any atom is -0.479 e. The van der Waals surface area contributed by atoms with Gasteiger partial charge in [-0.1, -0.05) is 30.3 Å². The molecule has 5 aromatic rings. The van der Waals surface area contributed by atoms with E-state index in [1.54, 1.807) is 13.4 Å². The topological polar surface area (TPSA) is 99.3 Å². The highest BCUT2D eigenvalue weighted by Crippen LogP contribution is 2.33. The van der Waals surface area contributed by atoms with E-state index in [4.69, 9.17) is 24.8 Å². The van der Waals surface area contributed by atoms with Crippen molar-refractivity contribution in [3.63, 3.8) is 0 Å². The van der Waals surface area contributed by atoms with Gasteiger partial charge in [-0.05, 0) is 37.5 Å². The predicted molar refractivity (Wildman–Crippen MR) is 127 cm³/mol. The molecule has 1 unspecified atom stereocenters. The lowest BCUT2D eigenvalue weighted by Gasteiger charge is -2.20. The van der Waals surface area contributed by atoms with E-state index in [1.165, 1.54) is 0 Å². The van der Waals surface area contributed by atoms with Crippen LogP contribution in [0.1, 0.15) is 36.1 Å². The van der Waals surface area contributed by atoms with E-state index in [2.05, 4.69) is 22.1 Å². The SMILES string of the molecule is COc1nc(-c2nc3n(n2)CCCC3c2ncc(-c3ccccc3)[nH]2)ccc1-n1cnc(C)c1. The Bertz CT molecular complexity index is 1450. The molecule has 9 heteroatoms. The quantitative estimate of drug-likeness (QED) is 0.430. The van der Waals surface area contributed by atoms with Crippen LogP contribution < -0.4 is 4.74 Å². The minimum absolute atomic E-state index is 0.0579. The number of H-pyrrole nitrogens is 1. The van der Waals surface area contributed by atoms with Crippen molar-refractivity contribution >= 4 is 0 Å². The van der Waals surface area contributed by atoms with Gasteiger partial charge in [0, 0.05) is 12.7 Å². The third-order valence-corrected chi connectivity index (χ3v) is 6.14. The third-order valence-electron chi connectivity index (χ3n) is 6.14. The van der Waals surface area contributed by atoms with Gasteiger partial charge in [0.1, 0.15) is 23.0 Å². The van der Waals surface area contributed by atoms with Crippen LogP contribution in [0.3, 0.4) is 0 Å². The standard InChI is InChI=1S/C25H24N8O/c1-16-14-32(15-27-16)21-11-10-19(29-25(21)34-2)23-30-24-18(9-6-12-33(24)31-23)22-26-13-20(28-22)17-7-4-3-5-8-17/h3-5,7-8,10-11,13-15,18H,6,9,12H2,1-2H3,(H,26,28). The number of pyridine rings is 1. The molecule has 1 aliphatic rings. The second-order valence-electron chi connectivity index (χ2n) is 8.41. The molecule has 0 fully saturated rings. The molecule has 0 radical (unpaired) electrons. The molecule has 0 spiro atoms. The zero-order valence-electron chi connectivity index (χ0n) is 19.0. The van der Waals surface area contributed by atoms with Crippen molar-refractivity contribution in [2.75, 3.05) is 7.11 Å². The van der Waals surface area contributed by atoms with Crippen LogP contribution >= 0.6 is 0 Å². The number of fused-ring (bicyclic) bond motifs is 1. The zero-order valence-corrected chi connectivity index (χ0v) is 19.0. The fourth-order valence-corrected chi connectivity index (χ4v) is 4.45. The Morgan fingerprint density at radius 3 is 2.74 bits per heavy atom. The summed E-state index contributed by atoms with van der Waals surface area (Å²) in [5.74, 6) is 2.96. The Labute approximate surface area is 196 Å². The summed E-state index contributed by atoms with van der Waals surface area (Å²) in [5, 5.41) is 4.77. The van der Waals surface area contributed by atoms with E-state index < -0.39 is 0 Å². The summed E-state index contributed by atoms with van der Waals surface area (Å²) >= 11 is 0. The van der Waals surface area contributed by atoms with Crippen LogP contribution in [0.25, 0.3) is 28.5 Å². The molecular weight excluding hydrogens is 428 g/mol. The van der Waals surface area contributed by atoms with Crippen molar-refractivity contribution in [3.05, 3.63) is 78.5 Å². The van der Waals surface area contributed by atoms with E-state index in [-0.39, 0.29) is 5.92 Å². The van der Waals surface area contributed by atoms with E-state index in [0.29, 0.717) is 17.4 Å². The number of hydrogen-bond acceptors (Lipinski definition) is 6. The Hall–Kier alpha value is -4.27. The van der Waals surface area contributed by atoms with E-state index >= 15 is 0 Å². The molecule has 4 aromatic heterocycles. The molecule has 0 bridgehead atoms. The number of aromatic amines is 1. The van der Waals surface area contributed by atoms with Gasteiger partial charge in [-0.15, -0.1) is 5.10 Å². The average Bonchev–Trinajstić information content (AvgIpc) is 3.63. The van der Waals surface area contributed by atoms with Crippen molar-refractivity contribution in [2.24, 2.45) is 0 Å². The maximum absolute atomic E-state index is 5.57. The van der Waals surface area contributed by atoms with E-state index in [9.17, 15) is 0 Å². The number of imidazole rings is 2. The summed E-state index contributed by atoms with van der Waals surface area (Å²) in [7, 11) is 1.61. The molecular formula is C25H24N8O. The number of ether oxygens (including phenoxy) is 1. The lowest BCUT2D eigenvalue weighted by atomic mass is 9.98. The molecule has 1 atom stereocenters. The minimum atomic E-state index is 0.0579. The maximum atomic E-state index is 5.57. The molecule has 1 N–H and O–H groups in total. The second-order valence-corrected chi connectivity index (χ2v) is 8.41. The van der Waals surface area contributed by atoms with Crippen molar-refractivity contribution in [1.29, 1.82) is 0 Å². The van der Waals surface area contributed by atoms with Gasteiger partial charge in [0.05, 0.1) is 36.9 Å². The van der Waals surface area contributed by atoms with Gasteiger partial charge in [-0.2, -0.15) is 0 Å². The molecule has 1 aliphatic heterocycles. The van der Waals surface area contributed by atoms with Crippen LogP contribution in [0.4, 0.5) is 0 Å². The average molecular weight is 453 g/mol. The number of rotatable bonds is 5. The highest BCUT2D eigenvalue weighted by atomic mass is 16.5. The molecule has 170 valence electrons. The monoisotopic (exact) mass is 452 g/mol. The Morgan fingerprint density at radius 1 is 1.06 bits per heavy atom. The normalized spacial score (nSPS) is 15.3. The molecule has 6 rings (SSSR count). The van der Waals surface area contributed by atoms with E-state index in [0.717, 1.165) is 53.7 Å². The summed E-state index contributed by atoms with van der Waals surface area (Å²) < 4.78 is 9.45. The van der Waals surface area contributed by atoms with Crippen LogP contribution in [0.5, 0.6) is 5.88 Å². The summed E-state index contributed by atoms with van der Waals surface area (Å²) in [4.78, 5) is 22.1. The smallest absolute Gasteiger partial charge is 0.238 e. The van der Waals surface area contributed by atoms with Crippen molar-refractivity contribution in [1.82, 2.24) is 39.3 Å². The number of benzene rings is 1. The van der Waals surface area contributed by atoms with Gasteiger partial charge in [0.2, 0.25) is 5.88 Å². The third kappa shape index (κ3) is 3.55. The van der Waals surface area contributed by atoms with Crippen LogP contribution in [0.2, 0.25) is 0 Å². The second kappa shape index (κ2) is 8.26. The van der Waals surface area contributed by atoms with Crippen LogP contribution in [0, 0.1) is 6.92 Å². The van der Waals surface area contributed by atoms with Crippen LogP contribution in [-0.4, -0.2) is 46.4 Å². The van der Waals surface area contributed by atoms with Gasteiger partial charge in [0.15, 0.2) is 5.82 Å². The fraction of sp³-hybridized carbons (Fsp3) is 0.240. The summed E-state index contributed by atoms with van der Waals surface area (Å²) in [6.07, 6.45) is 7.56. The van der Waals surface area contributed by atoms with Gasteiger partial charge < -0.3 is 14.3 Å². The lowest BCUT2D eigenvalue weighted by molar-refractivity contribution is 0.396. The summed E-state index contributed by atoms with van der Waals surface area (Å²) in [5.41, 5.74) is 4.53. The number of aromatic nitrogens is 8. The van der Waals surface area contributed by atoms with Crippen molar-refractivity contribution in [2.45, 2.75) is 32.2 Å². The number of methoxy groups -OCH3 is 1. The molecule has 34 heavy (non-hydrogen) atoms. The fourth-order valence-electron chi connectivity index (χ4n) is 4.45. The molecule has 0 amide bonds. The highest BCUT2D eigenvalue weighted by Gasteiger charge is 2.29. The first-order valence-corrected chi connectivity index (χ1v) is 11.3. The lowest BCUT2D eigenvalue weighted by Crippen LogP contribution is -2.18. The first-order chi connectivity index (χ1) is 16.7. The summed E-state index contributed by atoms with van der Waals surface area (Å²) in [6, 6.07) is 14.1.